The molecule has 0 spiro atoms. The minimum Gasteiger partial charge on any atom is -0.121 e. The smallest absolute Gasteiger partial charge is 0.0809 e. The molecular weight excluding hydrogens is 570 g/mol. The molecule has 2 aromatic rings. The number of hydrogen-bond acceptors (Lipinski definition) is 0. The van der Waals surface area contributed by atoms with E-state index in [4.69, 9.17) is 128 Å². The van der Waals surface area contributed by atoms with Crippen LogP contribution >= 0.6 is 128 Å². The molecule has 0 aliphatic rings. The van der Waals surface area contributed by atoms with Crippen LogP contribution in [0.5, 0.6) is 0 Å². The van der Waals surface area contributed by atoms with Gasteiger partial charge in [0, 0.05) is 11.4 Å². The van der Waals surface area contributed by atoms with Crippen molar-refractivity contribution >= 4 is 128 Å². The first kappa shape index (κ1) is 25.7. The van der Waals surface area contributed by atoms with E-state index in [1.807, 2.05) is 0 Å². The van der Waals surface area contributed by atoms with Gasteiger partial charge in [0.2, 0.25) is 0 Å². The van der Waals surface area contributed by atoms with Crippen molar-refractivity contribution in [3.63, 3.8) is 0 Å². The third-order valence-electron chi connectivity index (χ3n) is 3.19. The number of hydrogen-bond donors (Lipinski definition) is 0. The highest BCUT2D eigenvalue weighted by molar-refractivity contribution is 6.55. The summed E-state index contributed by atoms with van der Waals surface area (Å²) < 4.78 is 0. The minimum atomic E-state index is 0.133. The summed E-state index contributed by atoms with van der Waals surface area (Å²) in [5.41, 5.74) is 1.99. The summed E-state index contributed by atoms with van der Waals surface area (Å²) in [5, 5.41) is 2.31. The summed E-state index contributed by atoms with van der Waals surface area (Å²) in [6.07, 6.45) is 0. The minimum absolute atomic E-state index is 0.133. The quantitative estimate of drug-likeness (QED) is 0.189. The molecule has 0 nitrogen and oxygen atoms in total. The summed E-state index contributed by atoms with van der Waals surface area (Å²) in [7, 11) is 0. The van der Waals surface area contributed by atoms with Crippen LogP contribution in [0.4, 0.5) is 0 Å². The molecule has 2 rings (SSSR count). The fraction of sp³-hybridized carbons (Fsp3) is 0.200. The molecule has 0 N–H and O–H groups in total. The number of benzene rings is 2. The van der Waals surface area contributed by atoms with Crippen molar-refractivity contribution in [2.45, 2.75) is 18.7 Å². The average Bonchev–Trinajstić information content (AvgIpc) is 2.63. The molecule has 0 aromatic heterocycles. The lowest BCUT2D eigenvalue weighted by molar-refractivity contribution is 1.30. The zero-order chi connectivity index (χ0) is 20.3. The summed E-state index contributed by atoms with van der Waals surface area (Å²) in [4.78, 5) is 0. The van der Waals surface area contributed by atoms with Crippen LogP contribution in [0.15, 0.2) is 0 Å². The second-order valence-corrected chi connectivity index (χ2v) is 8.61. The third-order valence-corrected chi connectivity index (χ3v) is 8.02. The Kier molecular flexibility index (Phi) is 11.0. The van der Waals surface area contributed by atoms with E-state index in [-0.39, 0.29) is 46.9 Å². The highest BCUT2D eigenvalue weighted by Crippen LogP contribution is 2.44. The normalized spacial score (nSPS) is 10.6. The monoisotopic (exact) mass is 572 g/mol. The van der Waals surface area contributed by atoms with Crippen molar-refractivity contribution in [1.29, 1.82) is 0 Å². The maximum Gasteiger partial charge on any atom is 0.0809 e. The Morgan fingerprint density at radius 3 is 1.04 bits per heavy atom. The third kappa shape index (κ3) is 5.41. The van der Waals surface area contributed by atoms with Crippen LogP contribution in [0.1, 0.15) is 16.7 Å². The zero-order valence-electron chi connectivity index (χ0n) is 12.6. The van der Waals surface area contributed by atoms with Crippen LogP contribution in [-0.2, 0) is 11.8 Å². The van der Waals surface area contributed by atoms with Crippen molar-refractivity contribution in [3.05, 3.63) is 61.9 Å². The lowest BCUT2D eigenvalue weighted by Gasteiger charge is -2.11. The molecule has 0 aliphatic carbocycles. The van der Waals surface area contributed by atoms with Crippen LogP contribution in [-0.4, -0.2) is 0 Å². The number of alkyl halides is 2. The van der Waals surface area contributed by atoms with E-state index >= 15 is 0 Å². The van der Waals surface area contributed by atoms with Crippen LogP contribution < -0.4 is 0 Å². The molecule has 0 unspecified atom stereocenters. The van der Waals surface area contributed by atoms with E-state index in [1.54, 1.807) is 6.92 Å². The lowest BCUT2D eigenvalue weighted by Crippen LogP contribution is -1.90. The largest absolute Gasteiger partial charge is 0.121 e. The summed E-state index contributed by atoms with van der Waals surface area (Å²) in [5.74, 6) is 0.398. The van der Waals surface area contributed by atoms with Gasteiger partial charge in [-0.2, -0.15) is 0 Å². The molecule has 0 atom stereocenters. The Bertz CT molecular complexity index is 702. The van der Waals surface area contributed by atoms with Crippen molar-refractivity contribution < 1.29 is 0 Å². The van der Waals surface area contributed by atoms with Gasteiger partial charge in [-0.05, 0) is 18.1 Å². The zero-order valence-corrected chi connectivity index (χ0v) is 20.9. The van der Waals surface area contributed by atoms with Crippen molar-refractivity contribution in [1.82, 2.24) is 0 Å². The second kappa shape index (κ2) is 11.1. The van der Waals surface area contributed by atoms with Gasteiger partial charge in [0.1, 0.15) is 0 Å². The average molecular weight is 577 g/mol. The van der Waals surface area contributed by atoms with Gasteiger partial charge in [0.05, 0.1) is 51.1 Å². The molecule has 0 saturated heterocycles. The Balaban J connectivity index is 0.000000260. The molecule has 0 radical (unpaired) electrons. The molecule has 11 heteroatoms. The molecule has 0 amide bonds. The maximum absolute atomic E-state index is 5.92. The van der Waals surface area contributed by atoms with Crippen LogP contribution in [0.2, 0.25) is 45.2 Å². The van der Waals surface area contributed by atoms with E-state index in [1.165, 1.54) is 0 Å². The van der Waals surface area contributed by atoms with Gasteiger partial charge in [0.15, 0.2) is 0 Å². The van der Waals surface area contributed by atoms with Gasteiger partial charge in [-0.3, -0.25) is 0 Å². The Morgan fingerprint density at radius 1 is 0.423 bits per heavy atom. The summed E-state index contributed by atoms with van der Waals surface area (Å²) in [6, 6.07) is 0. The maximum atomic E-state index is 5.92. The van der Waals surface area contributed by atoms with Crippen LogP contribution in [0, 0.1) is 6.92 Å². The molecule has 2 aromatic carbocycles. The molecular formula is C15H7Cl11. The van der Waals surface area contributed by atoms with Gasteiger partial charge in [-0.15, -0.1) is 23.2 Å². The SMILES string of the molecule is Cc1c(Cl)c(Cl)c(Cl)c(Cl)c1CCl.ClCc1c(Cl)c(Cl)c(Cl)c(Cl)c1Cl. The second-order valence-electron chi connectivity index (χ2n) is 4.68. The first-order valence-corrected chi connectivity index (χ1v) is 10.9. The van der Waals surface area contributed by atoms with Crippen LogP contribution in [0.3, 0.4) is 0 Å². The molecule has 0 saturated carbocycles. The predicted octanol–water partition coefficient (Wildman–Crippen LogP) is 11.0. The first-order valence-electron chi connectivity index (χ1n) is 6.44. The van der Waals surface area contributed by atoms with E-state index < -0.39 is 0 Å². The predicted molar refractivity (Wildman–Crippen MR) is 122 cm³/mol. The Hall–Kier alpha value is 1.63. The van der Waals surface area contributed by atoms with Crippen LogP contribution in [0.25, 0.3) is 0 Å². The first-order chi connectivity index (χ1) is 12.0. The molecule has 0 fully saturated rings. The van der Waals surface area contributed by atoms with E-state index in [2.05, 4.69) is 0 Å². The van der Waals surface area contributed by atoms with Gasteiger partial charge >= 0.3 is 0 Å². The molecule has 144 valence electrons. The molecule has 0 bridgehead atoms. The van der Waals surface area contributed by atoms with Gasteiger partial charge < -0.3 is 0 Å². The molecule has 0 heterocycles. The number of halogens is 11. The van der Waals surface area contributed by atoms with Gasteiger partial charge in [0.25, 0.3) is 0 Å². The topological polar surface area (TPSA) is 0 Å². The van der Waals surface area contributed by atoms with Gasteiger partial charge in [-0.1, -0.05) is 104 Å². The van der Waals surface area contributed by atoms with E-state index in [0.29, 0.717) is 15.6 Å². The number of rotatable bonds is 2. The summed E-state index contributed by atoms with van der Waals surface area (Å²) >= 11 is 63.7. The van der Waals surface area contributed by atoms with Crippen molar-refractivity contribution in [2.24, 2.45) is 0 Å². The highest BCUT2D eigenvalue weighted by Gasteiger charge is 2.18. The fourth-order valence-electron chi connectivity index (χ4n) is 1.71. The highest BCUT2D eigenvalue weighted by atomic mass is 35.5. The lowest BCUT2D eigenvalue weighted by atomic mass is 10.1. The molecule has 26 heavy (non-hydrogen) atoms. The van der Waals surface area contributed by atoms with Gasteiger partial charge in [-0.25, -0.2) is 0 Å². The van der Waals surface area contributed by atoms with Crippen molar-refractivity contribution in [3.8, 4) is 0 Å². The Labute approximate surface area is 206 Å². The Morgan fingerprint density at radius 2 is 0.692 bits per heavy atom. The van der Waals surface area contributed by atoms with E-state index in [0.717, 1.165) is 11.1 Å². The molecule has 0 aliphatic heterocycles. The summed E-state index contributed by atoms with van der Waals surface area (Å²) in [6.45, 7) is 1.80. The standard InChI is InChI=1S/C8H5Cl5.C7H2Cl6/c1-3-4(2-9)6(11)8(13)7(12)5(3)10;8-1-2-3(9)5(11)7(13)6(12)4(2)10/h2H2,1H3;1H2. The van der Waals surface area contributed by atoms with E-state index in [9.17, 15) is 0 Å². The fourth-order valence-corrected chi connectivity index (χ4v) is 4.88. The van der Waals surface area contributed by atoms with Crippen molar-refractivity contribution in [2.75, 3.05) is 0 Å².